The molecule has 80 valence electrons. The molecule has 1 atom stereocenters. The highest BCUT2D eigenvalue weighted by Crippen LogP contribution is 2.25. The molecule has 0 radical (unpaired) electrons. The quantitative estimate of drug-likeness (QED) is 0.715. The van der Waals surface area contributed by atoms with Crippen molar-refractivity contribution in [2.24, 2.45) is 0 Å². The van der Waals surface area contributed by atoms with Crippen molar-refractivity contribution in [2.75, 3.05) is 5.32 Å². The number of hydrogen-bond donors (Lipinski definition) is 1. The van der Waals surface area contributed by atoms with Gasteiger partial charge >= 0.3 is 0 Å². The van der Waals surface area contributed by atoms with Crippen LogP contribution >= 0.6 is 0 Å². The van der Waals surface area contributed by atoms with Gasteiger partial charge in [-0.05, 0) is 38.3 Å². The molecule has 2 rings (SSSR count). The predicted molar refractivity (Wildman–Crippen MR) is 66.2 cm³/mol. The largest absolute Gasteiger partial charge is 0.379 e. The average molecular weight is 201 g/mol. The van der Waals surface area contributed by atoms with Gasteiger partial charge in [0.2, 0.25) is 0 Å². The third-order valence-corrected chi connectivity index (χ3v) is 3.13. The van der Waals surface area contributed by atoms with Crippen LogP contribution in [-0.4, -0.2) is 6.04 Å². The maximum atomic E-state index is 4.15. The SMILES string of the molecule is C=C1CCCC[C@@H]1Nc1ccc(C)cc1. The van der Waals surface area contributed by atoms with Crippen molar-refractivity contribution < 1.29 is 0 Å². The molecule has 1 nitrogen and oxygen atoms in total. The van der Waals surface area contributed by atoms with E-state index in [9.17, 15) is 0 Å². The Balaban J connectivity index is 2.01. The average Bonchev–Trinajstić information content (AvgIpc) is 2.25. The zero-order valence-electron chi connectivity index (χ0n) is 9.42. The van der Waals surface area contributed by atoms with Gasteiger partial charge in [0.25, 0.3) is 0 Å². The molecule has 1 aliphatic carbocycles. The molecule has 1 saturated carbocycles. The molecule has 1 heteroatoms. The van der Waals surface area contributed by atoms with Crippen LogP contribution in [0.2, 0.25) is 0 Å². The van der Waals surface area contributed by atoms with E-state index in [2.05, 4.69) is 43.1 Å². The summed E-state index contributed by atoms with van der Waals surface area (Å²) < 4.78 is 0. The number of hydrogen-bond acceptors (Lipinski definition) is 1. The number of nitrogens with one attached hydrogen (secondary N) is 1. The maximum absolute atomic E-state index is 4.15. The molecule has 0 amide bonds. The van der Waals surface area contributed by atoms with E-state index in [-0.39, 0.29) is 0 Å². The van der Waals surface area contributed by atoms with Crippen LogP contribution in [0.3, 0.4) is 0 Å². The molecule has 0 aromatic heterocycles. The monoisotopic (exact) mass is 201 g/mol. The summed E-state index contributed by atoms with van der Waals surface area (Å²) in [5, 5.41) is 3.56. The van der Waals surface area contributed by atoms with Crippen molar-refractivity contribution in [3.8, 4) is 0 Å². The minimum atomic E-state index is 0.487. The Morgan fingerprint density at radius 2 is 1.93 bits per heavy atom. The van der Waals surface area contributed by atoms with Crippen molar-refractivity contribution in [3.63, 3.8) is 0 Å². The molecule has 0 saturated heterocycles. The number of anilines is 1. The molecule has 1 aromatic rings. The van der Waals surface area contributed by atoms with Crippen molar-refractivity contribution in [1.82, 2.24) is 0 Å². The van der Waals surface area contributed by atoms with E-state index in [1.807, 2.05) is 0 Å². The molecule has 0 spiro atoms. The van der Waals surface area contributed by atoms with E-state index >= 15 is 0 Å². The summed E-state index contributed by atoms with van der Waals surface area (Å²) in [6.07, 6.45) is 5.05. The summed E-state index contributed by atoms with van der Waals surface area (Å²) in [6, 6.07) is 9.08. The van der Waals surface area contributed by atoms with Crippen LogP contribution in [0.25, 0.3) is 0 Å². The molecular weight excluding hydrogens is 182 g/mol. The van der Waals surface area contributed by atoms with Crippen LogP contribution in [0, 0.1) is 6.92 Å². The van der Waals surface area contributed by atoms with Crippen LogP contribution in [0.5, 0.6) is 0 Å². The second kappa shape index (κ2) is 4.52. The second-order valence-corrected chi connectivity index (χ2v) is 4.47. The zero-order chi connectivity index (χ0) is 10.7. The van der Waals surface area contributed by atoms with Gasteiger partial charge in [0.15, 0.2) is 0 Å². The smallest absolute Gasteiger partial charge is 0.0471 e. The van der Waals surface area contributed by atoms with Gasteiger partial charge in [0.1, 0.15) is 0 Å². The standard InChI is InChI=1S/C14H19N/c1-11-7-9-13(10-8-11)15-14-6-4-3-5-12(14)2/h7-10,14-15H,2-6H2,1H3/t14-/m0/s1. The third kappa shape index (κ3) is 2.62. The lowest BCUT2D eigenvalue weighted by Crippen LogP contribution is -2.24. The molecular formula is C14H19N. The van der Waals surface area contributed by atoms with Gasteiger partial charge in [-0.25, -0.2) is 0 Å². The summed E-state index contributed by atoms with van der Waals surface area (Å²) in [5.74, 6) is 0. The first-order chi connectivity index (χ1) is 7.25. The minimum absolute atomic E-state index is 0.487. The summed E-state index contributed by atoms with van der Waals surface area (Å²) in [5.41, 5.74) is 3.89. The lowest BCUT2D eigenvalue weighted by atomic mass is 9.91. The molecule has 1 aromatic carbocycles. The minimum Gasteiger partial charge on any atom is -0.379 e. The highest BCUT2D eigenvalue weighted by atomic mass is 14.9. The summed E-state index contributed by atoms with van der Waals surface area (Å²) in [4.78, 5) is 0. The molecule has 0 bridgehead atoms. The fraction of sp³-hybridized carbons (Fsp3) is 0.429. The van der Waals surface area contributed by atoms with E-state index in [1.165, 1.54) is 42.5 Å². The van der Waals surface area contributed by atoms with E-state index in [1.54, 1.807) is 0 Å². The Labute approximate surface area is 92.2 Å². The molecule has 0 aliphatic heterocycles. The van der Waals surface area contributed by atoms with Crippen LogP contribution < -0.4 is 5.32 Å². The van der Waals surface area contributed by atoms with Gasteiger partial charge < -0.3 is 5.32 Å². The van der Waals surface area contributed by atoms with Gasteiger partial charge in [-0.1, -0.05) is 36.3 Å². The van der Waals surface area contributed by atoms with Gasteiger partial charge in [-0.2, -0.15) is 0 Å². The van der Waals surface area contributed by atoms with Crippen LogP contribution in [0.1, 0.15) is 31.2 Å². The maximum Gasteiger partial charge on any atom is 0.0471 e. The summed E-state index contributed by atoms with van der Waals surface area (Å²) >= 11 is 0. The van der Waals surface area contributed by atoms with Crippen molar-refractivity contribution in [1.29, 1.82) is 0 Å². The Kier molecular flexibility index (Phi) is 3.10. The van der Waals surface area contributed by atoms with Gasteiger partial charge in [0.05, 0.1) is 0 Å². The Morgan fingerprint density at radius 1 is 1.20 bits per heavy atom. The molecule has 1 N–H and O–H groups in total. The van der Waals surface area contributed by atoms with E-state index in [4.69, 9.17) is 0 Å². The van der Waals surface area contributed by atoms with Crippen LogP contribution in [-0.2, 0) is 0 Å². The van der Waals surface area contributed by atoms with Gasteiger partial charge in [0, 0.05) is 11.7 Å². The van der Waals surface area contributed by atoms with E-state index in [0.29, 0.717) is 6.04 Å². The van der Waals surface area contributed by atoms with E-state index in [0.717, 1.165) is 0 Å². The number of aryl methyl sites for hydroxylation is 1. The second-order valence-electron chi connectivity index (χ2n) is 4.47. The fourth-order valence-electron chi connectivity index (χ4n) is 2.10. The zero-order valence-corrected chi connectivity index (χ0v) is 9.42. The molecule has 0 unspecified atom stereocenters. The summed E-state index contributed by atoms with van der Waals surface area (Å²) in [7, 11) is 0. The van der Waals surface area contributed by atoms with Crippen molar-refractivity contribution >= 4 is 5.69 Å². The van der Waals surface area contributed by atoms with Crippen molar-refractivity contribution in [2.45, 2.75) is 38.6 Å². The lowest BCUT2D eigenvalue weighted by molar-refractivity contribution is 0.559. The molecule has 1 aliphatic rings. The van der Waals surface area contributed by atoms with Gasteiger partial charge in [-0.15, -0.1) is 0 Å². The molecule has 0 heterocycles. The van der Waals surface area contributed by atoms with Crippen molar-refractivity contribution in [3.05, 3.63) is 42.0 Å². The highest BCUT2D eigenvalue weighted by molar-refractivity contribution is 5.47. The third-order valence-electron chi connectivity index (χ3n) is 3.13. The first kappa shape index (κ1) is 10.3. The van der Waals surface area contributed by atoms with E-state index < -0.39 is 0 Å². The Morgan fingerprint density at radius 3 is 2.60 bits per heavy atom. The molecule has 1 fully saturated rings. The normalized spacial score (nSPS) is 21.4. The first-order valence-electron chi connectivity index (χ1n) is 5.76. The molecule has 15 heavy (non-hydrogen) atoms. The van der Waals surface area contributed by atoms with Gasteiger partial charge in [-0.3, -0.25) is 0 Å². The number of rotatable bonds is 2. The lowest BCUT2D eigenvalue weighted by Gasteiger charge is -2.26. The Hall–Kier alpha value is -1.24. The highest BCUT2D eigenvalue weighted by Gasteiger charge is 2.16. The topological polar surface area (TPSA) is 12.0 Å². The first-order valence-corrected chi connectivity index (χ1v) is 5.76. The fourth-order valence-corrected chi connectivity index (χ4v) is 2.10. The number of benzene rings is 1. The Bertz CT molecular complexity index is 337. The summed E-state index contributed by atoms with van der Waals surface area (Å²) in [6.45, 7) is 6.26. The predicted octanol–water partition coefficient (Wildman–Crippen LogP) is 3.91. The van der Waals surface area contributed by atoms with Crippen LogP contribution in [0.4, 0.5) is 5.69 Å². The van der Waals surface area contributed by atoms with Crippen LogP contribution in [0.15, 0.2) is 36.4 Å².